The molecule has 6 nitrogen and oxygen atoms in total. The first-order chi connectivity index (χ1) is 14.7. The van der Waals surface area contributed by atoms with E-state index in [2.05, 4.69) is 20.9 Å². The van der Waals surface area contributed by atoms with Crippen LogP contribution in [-0.4, -0.2) is 38.2 Å². The van der Waals surface area contributed by atoms with Gasteiger partial charge < -0.3 is 20.7 Å². The van der Waals surface area contributed by atoms with Gasteiger partial charge in [-0.05, 0) is 43.2 Å². The zero-order chi connectivity index (χ0) is 22.9. The largest absolute Gasteiger partial charge is 0.484 e. The maximum absolute atomic E-state index is 12.5. The zero-order valence-corrected chi connectivity index (χ0v) is 17.8. The summed E-state index contributed by atoms with van der Waals surface area (Å²) in [6.45, 7) is 3.56. The number of alkyl halides is 3. The van der Waals surface area contributed by atoms with Gasteiger partial charge in [0, 0.05) is 37.8 Å². The van der Waals surface area contributed by atoms with Crippen LogP contribution in [-0.2, 0) is 13.1 Å². The number of carbonyl (C=O) groups excluding carboxylic acids is 1. The molecule has 0 aromatic heterocycles. The van der Waals surface area contributed by atoms with Crippen molar-refractivity contribution in [3.63, 3.8) is 0 Å². The van der Waals surface area contributed by atoms with Crippen LogP contribution in [0, 0.1) is 6.92 Å². The van der Waals surface area contributed by atoms with Crippen LogP contribution in [0.5, 0.6) is 5.75 Å². The number of nitrogens with one attached hydrogen (secondary N) is 3. The molecule has 0 radical (unpaired) electrons. The van der Waals surface area contributed by atoms with Crippen molar-refractivity contribution in [1.82, 2.24) is 16.0 Å². The summed E-state index contributed by atoms with van der Waals surface area (Å²) in [5.41, 5.74) is 2.92. The Morgan fingerprint density at radius 1 is 1.03 bits per heavy atom. The summed E-state index contributed by atoms with van der Waals surface area (Å²) in [7, 11) is 1.60. The van der Waals surface area contributed by atoms with E-state index >= 15 is 0 Å². The molecule has 31 heavy (non-hydrogen) atoms. The monoisotopic (exact) mass is 436 g/mol. The molecule has 168 valence electrons. The molecule has 0 aliphatic carbocycles. The topological polar surface area (TPSA) is 74.8 Å². The standard InChI is InChI=1S/C22H27F3N4O2/c1-4-27-20(30)17-9-6-16(7-10-17)12-28-21(26-3)29-13-18-8-5-15(2)11-19(18)31-14-22(23,24)25/h5-11H,4,12-14H2,1-3H3,(H,27,30)(H2,26,28,29). The molecule has 2 rings (SSSR count). The van der Waals surface area contributed by atoms with Crippen molar-refractivity contribution in [1.29, 1.82) is 0 Å². The van der Waals surface area contributed by atoms with Crippen LogP contribution in [0.1, 0.15) is 34.0 Å². The van der Waals surface area contributed by atoms with Crippen molar-refractivity contribution in [3.05, 3.63) is 64.7 Å². The summed E-state index contributed by atoms with van der Waals surface area (Å²) in [4.78, 5) is 15.9. The minimum absolute atomic E-state index is 0.124. The number of benzene rings is 2. The number of aliphatic imine (C=N–C) groups is 1. The molecule has 0 bridgehead atoms. The highest BCUT2D eigenvalue weighted by Crippen LogP contribution is 2.23. The quantitative estimate of drug-likeness (QED) is 0.437. The van der Waals surface area contributed by atoms with Crippen molar-refractivity contribution in [3.8, 4) is 5.75 Å². The van der Waals surface area contributed by atoms with Crippen molar-refractivity contribution < 1.29 is 22.7 Å². The minimum Gasteiger partial charge on any atom is -0.484 e. The number of guanidine groups is 1. The maximum atomic E-state index is 12.5. The van der Waals surface area contributed by atoms with E-state index in [1.807, 2.05) is 25.1 Å². The lowest BCUT2D eigenvalue weighted by Crippen LogP contribution is -2.36. The molecule has 1 amide bonds. The number of amides is 1. The molecule has 0 aliphatic rings. The van der Waals surface area contributed by atoms with E-state index in [1.165, 1.54) is 0 Å². The Hall–Kier alpha value is -3.23. The lowest BCUT2D eigenvalue weighted by atomic mass is 10.1. The van der Waals surface area contributed by atoms with E-state index < -0.39 is 12.8 Å². The zero-order valence-electron chi connectivity index (χ0n) is 17.8. The number of nitrogens with zero attached hydrogens (tertiary/aromatic N) is 1. The molecule has 2 aromatic carbocycles. The van der Waals surface area contributed by atoms with E-state index in [9.17, 15) is 18.0 Å². The van der Waals surface area contributed by atoms with E-state index in [4.69, 9.17) is 4.74 Å². The molecule has 3 N–H and O–H groups in total. The van der Waals surface area contributed by atoms with E-state index in [0.29, 0.717) is 30.2 Å². The molecule has 0 heterocycles. The lowest BCUT2D eigenvalue weighted by Gasteiger charge is -2.16. The second kappa shape index (κ2) is 11.2. The number of halogens is 3. The minimum atomic E-state index is -4.40. The Labute approximate surface area is 179 Å². The van der Waals surface area contributed by atoms with Gasteiger partial charge in [-0.1, -0.05) is 24.3 Å². The Kier molecular flexibility index (Phi) is 8.72. The third-order valence-electron chi connectivity index (χ3n) is 4.30. The Morgan fingerprint density at radius 2 is 1.71 bits per heavy atom. The fourth-order valence-corrected chi connectivity index (χ4v) is 2.72. The third-order valence-corrected chi connectivity index (χ3v) is 4.30. The van der Waals surface area contributed by atoms with Crippen molar-refractivity contribution in [2.45, 2.75) is 33.1 Å². The van der Waals surface area contributed by atoms with Crippen molar-refractivity contribution in [2.75, 3.05) is 20.2 Å². The van der Waals surface area contributed by atoms with Gasteiger partial charge >= 0.3 is 6.18 Å². The molecule has 0 saturated heterocycles. The van der Waals surface area contributed by atoms with Gasteiger partial charge in [-0.3, -0.25) is 9.79 Å². The van der Waals surface area contributed by atoms with Crippen LogP contribution >= 0.6 is 0 Å². The predicted octanol–water partition coefficient (Wildman–Crippen LogP) is 3.55. The Morgan fingerprint density at radius 3 is 2.32 bits per heavy atom. The van der Waals surface area contributed by atoms with E-state index in [-0.39, 0.29) is 18.2 Å². The van der Waals surface area contributed by atoms with Crippen LogP contribution in [0.25, 0.3) is 0 Å². The fourth-order valence-electron chi connectivity index (χ4n) is 2.72. The van der Waals surface area contributed by atoms with Crippen LogP contribution in [0.4, 0.5) is 13.2 Å². The summed E-state index contributed by atoms with van der Waals surface area (Å²) >= 11 is 0. The van der Waals surface area contributed by atoms with Gasteiger partial charge in [0.2, 0.25) is 0 Å². The first-order valence-electron chi connectivity index (χ1n) is 9.82. The van der Waals surface area contributed by atoms with Crippen LogP contribution in [0.2, 0.25) is 0 Å². The first-order valence-corrected chi connectivity index (χ1v) is 9.82. The molecule has 0 saturated carbocycles. The smallest absolute Gasteiger partial charge is 0.422 e. The van der Waals surface area contributed by atoms with Crippen LogP contribution in [0.3, 0.4) is 0 Å². The van der Waals surface area contributed by atoms with Crippen LogP contribution in [0.15, 0.2) is 47.5 Å². The molecule has 0 unspecified atom stereocenters. The maximum Gasteiger partial charge on any atom is 0.422 e. The average molecular weight is 436 g/mol. The number of carbonyl (C=O) groups is 1. The normalized spacial score (nSPS) is 11.7. The predicted molar refractivity (Wildman–Crippen MR) is 114 cm³/mol. The molecular formula is C22H27F3N4O2. The number of hydrogen-bond acceptors (Lipinski definition) is 3. The highest BCUT2D eigenvalue weighted by atomic mass is 19.4. The van der Waals surface area contributed by atoms with E-state index in [0.717, 1.165) is 11.1 Å². The van der Waals surface area contributed by atoms with Gasteiger partial charge in [0.15, 0.2) is 12.6 Å². The van der Waals surface area contributed by atoms with E-state index in [1.54, 1.807) is 38.2 Å². The molecule has 0 spiro atoms. The molecule has 2 aromatic rings. The Balaban J connectivity index is 1.93. The summed E-state index contributed by atoms with van der Waals surface area (Å²) in [5.74, 6) is 0.539. The Bertz CT molecular complexity index is 897. The second-order valence-electron chi connectivity index (χ2n) is 6.85. The second-order valence-corrected chi connectivity index (χ2v) is 6.85. The van der Waals surface area contributed by atoms with Crippen LogP contribution < -0.4 is 20.7 Å². The fraction of sp³-hybridized carbons (Fsp3) is 0.364. The number of rotatable bonds is 8. The summed E-state index contributed by atoms with van der Waals surface area (Å²) in [5, 5.41) is 8.95. The number of ether oxygens (including phenoxy) is 1. The highest BCUT2D eigenvalue weighted by Gasteiger charge is 2.28. The first kappa shape index (κ1) is 24.0. The molecular weight excluding hydrogens is 409 g/mol. The van der Waals surface area contributed by atoms with Gasteiger partial charge in [0.25, 0.3) is 5.91 Å². The van der Waals surface area contributed by atoms with Gasteiger partial charge in [-0.25, -0.2) is 0 Å². The SMILES string of the molecule is CCNC(=O)c1ccc(CNC(=NC)NCc2ccc(C)cc2OCC(F)(F)F)cc1. The van der Waals surface area contributed by atoms with Gasteiger partial charge in [0.1, 0.15) is 5.75 Å². The van der Waals surface area contributed by atoms with Crippen molar-refractivity contribution in [2.24, 2.45) is 4.99 Å². The average Bonchev–Trinajstić information content (AvgIpc) is 2.73. The highest BCUT2D eigenvalue weighted by molar-refractivity contribution is 5.94. The third kappa shape index (κ3) is 8.19. The summed E-state index contributed by atoms with van der Waals surface area (Å²) in [6.07, 6.45) is -4.40. The number of aryl methyl sites for hydroxylation is 1. The molecule has 9 heteroatoms. The lowest BCUT2D eigenvalue weighted by molar-refractivity contribution is -0.153. The summed E-state index contributed by atoms with van der Waals surface area (Å²) < 4.78 is 42.5. The van der Waals surface area contributed by atoms with Crippen molar-refractivity contribution >= 4 is 11.9 Å². The van der Waals surface area contributed by atoms with Gasteiger partial charge in [0.05, 0.1) is 0 Å². The summed E-state index contributed by atoms with van der Waals surface area (Å²) in [6, 6.07) is 12.3. The van der Waals surface area contributed by atoms with Gasteiger partial charge in [-0.2, -0.15) is 13.2 Å². The van der Waals surface area contributed by atoms with Gasteiger partial charge in [-0.15, -0.1) is 0 Å². The number of hydrogen-bond donors (Lipinski definition) is 3. The molecule has 0 fully saturated rings. The molecule has 0 aliphatic heterocycles. The molecule has 0 atom stereocenters.